The minimum atomic E-state index is -3.64. The Morgan fingerprint density at radius 3 is 2.38 bits per heavy atom. The quantitative estimate of drug-likeness (QED) is 0.460. The summed E-state index contributed by atoms with van der Waals surface area (Å²) >= 11 is 0. The maximum absolute atomic E-state index is 12.1. The number of carbonyl (C=O) groups excluding carboxylic acids is 2. The molecule has 0 aromatic heterocycles. The second-order valence-electron chi connectivity index (χ2n) is 5.15. The zero-order valence-electron chi connectivity index (χ0n) is 15.1. The highest BCUT2D eigenvalue weighted by Gasteiger charge is 2.23. The van der Waals surface area contributed by atoms with Crippen LogP contribution in [0.1, 0.15) is 23.7 Å². The Hall–Kier alpha value is -2.33. The fourth-order valence-corrected chi connectivity index (χ4v) is 2.36. The van der Waals surface area contributed by atoms with E-state index in [2.05, 4.69) is 9.50 Å². The van der Waals surface area contributed by atoms with Crippen LogP contribution in [0.15, 0.2) is 18.2 Å². The molecule has 1 unspecified atom stereocenters. The zero-order chi connectivity index (χ0) is 19.7. The van der Waals surface area contributed by atoms with Crippen LogP contribution in [-0.2, 0) is 23.8 Å². The minimum Gasteiger partial charge on any atom is -0.497 e. The van der Waals surface area contributed by atoms with Gasteiger partial charge in [-0.2, -0.15) is 8.42 Å². The molecule has 1 aromatic rings. The van der Waals surface area contributed by atoms with E-state index >= 15 is 0 Å². The van der Waals surface area contributed by atoms with Crippen LogP contribution in [0.3, 0.4) is 0 Å². The van der Waals surface area contributed by atoms with Gasteiger partial charge in [0, 0.05) is 25.1 Å². The van der Waals surface area contributed by atoms with Crippen molar-refractivity contribution in [3.8, 4) is 11.5 Å². The molecule has 9 nitrogen and oxygen atoms in total. The third-order valence-corrected chi connectivity index (χ3v) is 3.71. The Bertz CT molecular complexity index is 732. The predicted octanol–water partition coefficient (Wildman–Crippen LogP) is 0.732. The van der Waals surface area contributed by atoms with E-state index in [9.17, 15) is 18.0 Å². The highest BCUT2D eigenvalue weighted by atomic mass is 32.2. The van der Waals surface area contributed by atoms with Crippen molar-refractivity contribution in [1.29, 1.82) is 0 Å². The van der Waals surface area contributed by atoms with Crippen LogP contribution in [0.2, 0.25) is 0 Å². The molecular formula is C16H23NO8S. The van der Waals surface area contributed by atoms with E-state index in [4.69, 9.17) is 14.2 Å². The van der Waals surface area contributed by atoms with Gasteiger partial charge in [0.25, 0.3) is 16.0 Å². The summed E-state index contributed by atoms with van der Waals surface area (Å²) in [4.78, 5) is 23.9. The molecular weight excluding hydrogens is 366 g/mol. The van der Waals surface area contributed by atoms with E-state index < -0.39 is 22.2 Å². The van der Waals surface area contributed by atoms with Gasteiger partial charge in [0.05, 0.1) is 26.6 Å². The van der Waals surface area contributed by atoms with Gasteiger partial charge in [-0.15, -0.1) is 0 Å². The highest BCUT2D eigenvalue weighted by Crippen LogP contribution is 2.24. The number of nitrogens with one attached hydrogen (secondary N) is 1. The summed E-state index contributed by atoms with van der Waals surface area (Å²) in [6.45, 7) is 1.51. The second kappa shape index (κ2) is 9.97. The van der Waals surface area contributed by atoms with Crippen LogP contribution in [0.25, 0.3) is 0 Å². The molecule has 1 N–H and O–H groups in total. The largest absolute Gasteiger partial charge is 0.497 e. The van der Waals surface area contributed by atoms with Crippen molar-refractivity contribution < 1.29 is 36.4 Å². The number of rotatable bonds is 10. The van der Waals surface area contributed by atoms with Crippen molar-refractivity contribution in [2.75, 3.05) is 33.6 Å². The molecule has 0 fully saturated rings. The Balaban J connectivity index is 3.01. The lowest BCUT2D eigenvalue weighted by Crippen LogP contribution is -2.31. The van der Waals surface area contributed by atoms with Crippen LogP contribution < -0.4 is 14.8 Å². The predicted molar refractivity (Wildman–Crippen MR) is 92.8 cm³/mol. The van der Waals surface area contributed by atoms with Crippen molar-refractivity contribution in [2.45, 2.75) is 19.4 Å². The first kappa shape index (κ1) is 21.7. The lowest BCUT2D eigenvalue weighted by atomic mass is 10.2. The van der Waals surface area contributed by atoms with Gasteiger partial charge in [0.15, 0.2) is 6.10 Å². The molecule has 0 spiro atoms. The number of hydrogen-bond donors (Lipinski definition) is 1. The van der Waals surface area contributed by atoms with Gasteiger partial charge < -0.3 is 19.5 Å². The van der Waals surface area contributed by atoms with E-state index in [1.807, 2.05) is 0 Å². The summed E-state index contributed by atoms with van der Waals surface area (Å²) in [7, 11) is -0.739. The third kappa shape index (κ3) is 7.28. The minimum absolute atomic E-state index is 0.0571. The Labute approximate surface area is 152 Å². The zero-order valence-corrected chi connectivity index (χ0v) is 15.9. The summed E-state index contributed by atoms with van der Waals surface area (Å²) in [6.07, 6.45) is -0.259. The van der Waals surface area contributed by atoms with Crippen molar-refractivity contribution >= 4 is 22.0 Å². The third-order valence-electron chi connectivity index (χ3n) is 3.11. The Morgan fingerprint density at radius 2 is 1.85 bits per heavy atom. The molecule has 0 saturated carbocycles. The van der Waals surface area contributed by atoms with Gasteiger partial charge in [-0.05, 0) is 19.1 Å². The first-order chi connectivity index (χ1) is 12.2. The van der Waals surface area contributed by atoms with Crippen molar-refractivity contribution in [3.63, 3.8) is 0 Å². The fourth-order valence-electron chi connectivity index (χ4n) is 1.96. The molecule has 0 radical (unpaired) electrons. The molecule has 26 heavy (non-hydrogen) atoms. The van der Waals surface area contributed by atoms with Crippen molar-refractivity contribution in [2.24, 2.45) is 0 Å². The average molecular weight is 389 g/mol. The fraction of sp³-hybridized carbons (Fsp3) is 0.500. The second-order valence-corrected chi connectivity index (χ2v) is 6.79. The molecule has 1 atom stereocenters. The first-order valence-corrected chi connectivity index (χ1v) is 9.60. The van der Waals surface area contributed by atoms with E-state index in [1.165, 1.54) is 32.4 Å². The first-order valence-electron chi connectivity index (χ1n) is 7.79. The molecule has 10 heteroatoms. The van der Waals surface area contributed by atoms with Gasteiger partial charge in [0.1, 0.15) is 11.5 Å². The van der Waals surface area contributed by atoms with Crippen LogP contribution in [0.5, 0.6) is 11.5 Å². The Morgan fingerprint density at radius 1 is 1.19 bits per heavy atom. The molecule has 0 saturated heterocycles. The van der Waals surface area contributed by atoms with E-state index in [0.29, 0.717) is 5.75 Å². The van der Waals surface area contributed by atoms with Crippen molar-refractivity contribution in [3.05, 3.63) is 23.8 Å². The molecule has 0 heterocycles. The van der Waals surface area contributed by atoms with E-state index in [1.54, 1.807) is 6.92 Å². The summed E-state index contributed by atoms with van der Waals surface area (Å²) in [6, 6.07) is 4.44. The molecule has 1 rings (SSSR count). The molecule has 1 amide bonds. The standard InChI is InChI=1S/C16H23NO8S/c1-5-23-16(19)14(6-7-24-26(4,20)21)25-13-9-11(15(18)17-2)8-12(10-13)22-3/h8-10,14H,5-7H2,1-4H3,(H,17,18). The Kier molecular flexibility index (Phi) is 8.33. The highest BCUT2D eigenvalue weighted by molar-refractivity contribution is 7.85. The number of methoxy groups -OCH3 is 1. The maximum atomic E-state index is 12.1. The lowest BCUT2D eigenvalue weighted by Gasteiger charge is -2.18. The van der Waals surface area contributed by atoms with Gasteiger partial charge in [0.2, 0.25) is 0 Å². The molecule has 0 bridgehead atoms. The summed E-state index contributed by atoms with van der Waals surface area (Å²) in [5.74, 6) is -0.479. The van der Waals surface area contributed by atoms with Gasteiger partial charge in [-0.3, -0.25) is 8.98 Å². The molecule has 146 valence electrons. The summed E-state index contributed by atoms with van der Waals surface area (Å²) in [5.41, 5.74) is 0.275. The molecule has 1 aromatic carbocycles. The molecule has 0 aliphatic carbocycles. The van der Waals surface area contributed by atoms with E-state index in [0.717, 1.165) is 6.26 Å². The summed E-state index contributed by atoms with van der Waals surface area (Å²) in [5, 5.41) is 2.48. The monoisotopic (exact) mass is 389 g/mol. The van der Waals surface area contributed by atoms with Gasteiger partial charge in [-0.25, -0.2) is 4.79 Å². The number of benzene rings is 1. The normalized spacial score (nSPS) is 12.2. The topological polar surface area (TPSA) is 117 Å². The van der Waals surface area contributed by atoms with Crippen LogP contribution in [-0.4, -0.2) is 60.0 Å². The van der Waals surface area contributed by atoms with Crippen molar-refractivity contribution in [1.82, 2.24) is 5.32 Å². The van der Waals surface area contributed by atoms with Crippen LogP contribution in [0.4, 0.5) is 0 Å². The molecule has 0 aliphatic heterocycles. The number of amides is 1. The number of carbonyl (C=O) groups is 2. The van der Waals surface area contributed by atoms with Gasteiger partial charge >= 0.3 is 5.97 Å². The number of esters is 1. The lowest BCUT2D eigenvalue weighted by molar-refractivity contribution is -0.152. The van der Waals surface area contributed by atoms with E-state index in [-0.39, 0.29) is 36.9 Å². The molecule has 0 aliphatic rings. The number of hydrogen-bond acceptors (Lipinski definition) is 8. The van der Waals surface area contributed by atoms with Gasteiger partial charge in [-0.1, -0.05) is 0 Å². The summed E-state index contributed by atoms with van der Waals surface area (Å²) < 4.78 is 42.4. The SMILES string of the molecule is CCOC(=O)C(CCOS(C)(=O)=O)Oc1cc(OC)cc(C(=O)NC)c1. The van der Waals surface area contributed by atoms with Crippen LogP contribution >= 0.6 is 0 Å². The smallest absolute Gasteiger partial charge is 0.347 e. The van der Waals surface area contributed by atoms with Crippen LogP contribution in [0, 0.1) is 0 Å². The number of ether oxygens (including phenoxy) is 3. The average Bonchev–Trinajstić information content (AvgIpc) is 2.58. The maximum Gasteiger partial charge on any atom is 0.347 e.